The summed E-state index contributed by atoms with van der Waals surface area (Å²) in [6.07, 6.45) is 1.77. The summed E-state index contributed by atoms with van der Waals surface area (Å²) >= 11 is 1.35. The zero-order valence-corrected chi connectivity index (χ0v) is 12.1. The molecule has 1 unspecified atom stereocenters. The molecular formula is C11H15F2NO3S2. The first kappa shape index (κ1) is 16.4. The van der Waals surface area contributed by atoms with Crippen LogP contribution in [0.3, 0.4) is 0 Å². The van der Waals surface area contributed by atoms with E-state index in [-0.39, 0.29) is 6.54 Å². The van der Waals surface area contributed by atoms with E-state index in [0.717, 1.165) is 12.1 Å². The second-order valence-electron chi connectivity index (χ2n) is 4.33. The highest BCUT2D eigenvalue weighted by Gasteiger charge is 2.25. The van der Waals surface area contributed by atoms with E-state index in [9.17, 15) is 22.3 Å². The highest BCUT2D eigenvalue weighted by molar-refractivity contribution is 7.98. The van der Waals surface area contributed by atoms with E-state index in [1.807, 2.05) is 0 Å². The summed E-state index contributed by atoms with van der Waals surface area (Å²) in [5.74, 6) is -1.70. The molecule has 0 aliphatic carbocycles. The second kappa shape index (κ2) is 6.17. The Morgan fingerprint density at radius 1 is 1.42 bits per heavy atom. The maximum Gasteiger partial charge on any atom is 0.243 e. The van der Waals surface area contributed by atoms with Crippen LogP contribution in [0.15, 0.2) is 23.1 Å². The van der Waals surface area contributed by atoms with Crippen molar-refractivity contribution < 1.29 is 22.3 Å². The fourth-order valence-corrected chi connectivity index (χ4v) is 3.33. The van der Waals surface area contributed by atoms with Gasteiger partial charge in [0.25, 0.3) is 0 Å². The van der Waals surface area contributed by atoms with Crippen LogP contribution in [0.25, 0.3) is 0 Å². The predicted octanol–water partition coefficient (Wildman–Crippen LogP) is 1.36. The molecule has 108 valence electrons. The van der Waals surface area contributed by atoms with Crippen molar-refractivity contribution in [1.82, 2.24) is 4.72 Å². The number of aliphatic hydroxyl groups is 1. The van der Waals surface area contributed by atoms with Gasteiger partial charge in [-0.1, -0.05) is 0 Å². The molecule has 19 heavy (non-hydrogen) atoms. The van der Waals surface area contributed by atoms with E-state index in [2.05, 4.69) is 4.72 Å². The third kappa shape index (κ3) is 4.72. The van der Waals surface area contributed by atoms with E-state index >= 15 is 0 Å². The predicted molar refractivity (Wildman–Crippen MR) is 70.6 cm³/mol. The molecule has 1 atom stereocenters. The number of hydrogen-bond donors (Lipinski definition) is 2. The van der Waals surface area contributed by atoms with E-state index in [1.165, 1.54) is 18.7 Å². The number of halogens is 2. The number of hydrogen-bond acceptors (Lipinski definition) is 4. The molecule has 4 nitrogen and oxygen atoms in total. The van der Waals surface area contributed by atoms with Gasteiger partial charge in [-0.2, -0.15) is 11.8 Å². The fourth-order valence-electron chi connectivity index (χ4n) is 1.38. The highest BCUT2D eigenvalue weighted by atomic mass is 32.2. The summed E-state index contributed by atoms with van der Waals surface area (Å²) in [5.41, 5.74) is -1.25. The third-order valence-electron chi connectivity index (χ3n) is 2.28. The van der Waals surface area contributed by atoms with Crippen LogP contribution < -0.4 is 4.72 Å². The van der Waals surface area contributed by atoms with Crippen LogP contribution in [0.5, 0.6) is 0 Å². The highest BCUT2D eigenvalue weighted by Crippen LogP contribution is 2.16. The lowest BCUT2D eigenvalue weighted by Gasteiger charge is -2.22. The summed E-state index contributed by atoms with van der Waals surface area (Å²) < 4.78 is 51.9. The van der Waals surface area contributed by atoms with Crippen molar-refractivity contribution in [2.75, 3.05) is 18.6 Å². The molecule has 0 amide bonds. The molecule has 0 heterocycles. The summed E-state index contributed by atoms with van der Waals surface area (Å²) in [6, 6.07) is 2.20. The van der Waals surface area contributed by atoms with Crippen molar-refractivity contribution in [3.8, 4) is 0 Å². The molecule has 0 radical (unpaired) electrons. The minimum atomic E-state index is -4.12. The van der Waals surface area contributed by atoms with E-state index < -0.39 is 32.2 Å². The molecule has 1 aromatic rings. The van der Waals surface area contributed by atoms with Gasteiger partial charge >= 0.3 is 0 Å². The van der Waals surface area contributed by atoms with Gasteiger partial charge in [-0.15, -0.1) is 0 Å². The Hall–Kier alpha value is -0.700. The lowest BCUT2D eigenvalue weighted by molar-refractivity contribution is 0.0908. The van der Waals surface area contributed by atoms with Crippen molar-refractivity contribution >= 4 is 21.8 Å². The molecule has 1 aromatic carbocycles. The minimum absolute atomic E-state index is 0.257. The number of rotatable bonds is 6. The molecule has 8 heteroatoms. The molecule has 0 aliphatic rings. The summed E-state index contributed by atoms with van der Waals surface area (Å²) in [4.78, 5) is -0.645. The smallest absolute Gasteiger partial charge is 0.243 e. The number of thioether (sulfide) groups is 1. The maximum atomic E-state index is 13.4. The maximum absolute atomic E-state index is 13.4. The van der Waals surface area contributed by atoms with Gasteiger partial charge in [0.1, 0.15) is 16.5 Å². The Kier molecular flexibility index (Phi) is 5.31. The first-order valence-corrected chi connectivity index (χ1v) is 8.22. The summed E-state index contributed by atoms with van der Waals surface area (Å²) in [7, 11) is -4.12. The first-order chi connectivity index (χ1) is 8.68. The van der Waals surface area contributed by atoms with Gasteiger partial charge in [0, 0.05) is 18.4 Å². The van der Waals surface area contributed by atoms with Gasteiger partial charge in [-0.3, -0.25) is 0 Å². The van der Waals surface area contributed by atoms with Crippen LogP contribution in [0.4, 0.5) is 8.78 Å². The Morgan fingerprint density at radius 3 is 2.58 bits per heavy atom. The van der Waals surface area contributed by atoms with Gasteiger partial charge < -0.3 is 5.11 Å². The van der Waals surface area contributed by atoms with Crippen molar-refractivity contribution in [1.29, 1.82) is 0 Å². The Bertz CT molecular complexity index is 547. The Morgan fingerprint density at radius 2 is 2.05 bits per heavy atom. The molecular weight excluding hydrogens is 296 g/mol. The van der Waals surface area contributed by atoms with E-state index in [4.69, 9.17) is 0 Å². The minimum Gasteiger partial charge on any atom is -0.388 e. The molecule has 0 saturated carbocycles. The van der Waals surface area contributed by atoms with Crippen LogP contribution in [0.1, 0.15) is 6.92 Å². The van der Waals surface area contributed by atoms with Crippen LogP contribution in [-0.2, 0) is 10.0 Å². The summed E-state index contributed by atoms with van der Waals surface area (Å²) in [6.45, 7) is 1.21. The second-order valence-corrected chi connectivity index (χ2v) is 6.93. The molecule has 0 bridgehead atoms. The van der Waals surface area contributed by atoms with Gasteiger partial charge in [0.05, 0.1) is 5.60 Å². The van der Waals surface area contributed by atoms with Gasteiger partial charge in [-0.25, -0.2) is 21.9 Å². The molecule has 0 fully saturated rings. The SMILES string of the molecule is CSCC(C)(O)CNS(=O)(=O)c1ccc(F)cc1F. The molecule has 0 aromatic heterocycles. The standard InChI is InChI=1S/C11H15F2NO3S2/c1-11(15,7-18-2)6-14-19(16,17)10-4-3-8(12)5-9(10)13/h3-5,14-15H,6-7H2,1-2H3. The Balaban J connectivity index is 2.87. The van der Waals surface area contributed by atoms with Crippen LogP contribution in [0, 0.1) is 11.6 Å². The average molecular weight is 311 g/mol. The van der Waals surface area contributed by atoms with Crippen LogP contribution in [0.2, 0.25) is 0 Å². The van der Waals surface area contributed by atoms with Crippen LogP contribution >= 0.6 is 11.8 Å². The molecule has 2 N–H and O–H groups in total. The van der Waals surface area contributed by atoms with Gasteiger partial charge in [0.15, 0.2) is 0 Å². The monoisotopic (exact) mass is 311 g/mol. The lowest BCUT2D eigenvalue weighted by Crippen LogP contribution is -2.42. The van der Waals surface area contributed by atoms with E-state index in [1.54, 1.807) is 6.26 Å². The zero-order chi connectivity index (χ0) is 14.7. The normalized spacial score (nSPS) is 15.2. The van der Waals surface area contributed by atoms with Crippen molar-refractivity contribution in [3.05, 3.63) is 29.8 Å². The van der Waals surface area contributed by atoms with Crippen molar-refractivity contribution in [2.45, 2.75) is 17.4 Å². The average Bonchev–Trinajstić information content (AvgIpc) is 2.26. The first-order valence-electron chi connectivity index (χ1n) is 5.34. The molecule has 1 rings (SSSR count). The van der Waals surface area contributed by atoms with Crippen molar-refractivity contribution in [3.63, 3.8) is 0 Å². The van der Waals surface area contributed by atoms with Crippen LogP contribution in [-0.4, -0.2) is 37.7 Å². The van der Waals surface area contributed by atoms with Gasteiger partial charge in [-0.05, 0) is 25.3 Å². The fraction of sp³-hybridized carbons (Fsp3) is 0.455. The molecule has 0 aliphatic heterocycles. The third-order valence-corrected chi connectivity index (χ3v) is 4.63. The number of sulfonamides is 1. The number of nitrogens with one attached hydrogen (secondary N) is 1. The molecule has 0 spiro atoms. The molecule has 0 saturated heterocycles. The largest absolute Gasteiger partial charge is 0.388 e. The quantitative estimate of drug-likeness (QED) is 0.832. The topological polar surface area (TPSA) is 66.4 Å². The summed E-state index contributed by atoms with van der Waals surface area (Å²) in [5, 5.41) is 9.84. The lowest BCUT2D eigenvalue weighted by atomic mass is 10.1. The van der Waals surface area contributed by atoms with Crippen molar-refractivity contribution in [2.24, 2.45) is 0 Å². The number of benzene rings is 1. The van der Waals surface area contributed by atoms with Gasteiger partial charge in [0.2, 0.25) is 10.0 Å². The zero-order valence-electron chi connectivity index (χ0n) is 10.5. The Labute approximate surface area is 115 Å². The van der Waals surface area contributed by atoms with E-state index in [0.29, 0.717) is 11.8 Å².